The molecule has 0 N–H and O–H groups in total. The summed E-state index contributed by atoms with van der Waals surface area (Å²) in [4.78, 5) is 28.6. The summed E-state index contributed by atoms with van der Waals surface area (Å²) < 4.78 is 15.3. The molecule has 31 heavy (non-hydrogen) atoms. The molecule has 0 bridgehead atoms. The number of hydrogen-bond donors (Lipinski definition) is 0. The van der Waals surface area contributed by atoms with Crippen LogP contribution in [0.15, 0.2) is 67.3 Å². The van der Waals surface area contributed by atoms with Gasteiger partial charge in [-0.05, 0) is 55.2 Å². The molecule has 1 unspecified atom stereocenters. The van der Waals surface area contributed by atoms with Gasteiger partial charge in [0.2, 0.25) is 0 Å². The number of benzene rings is 1. The number of imidazole rings is 1. The number of carbonyl (C=O) groups is 1. The summed E-state index contributed by atoms with van der Waals surface area (Å²) in [5, 5.41) is 0. The van der Waals surface area contributed by atoms with E-state index in [1.54, 1.807) is 36.9 Å². The first-order chi connectivity index (χ1) is 15.2. The number of fused-ring (bicyclic) bond motifs is 1. The Bertz CT molecular complexity index is 1210. The highest BCUT2D eigenvalue weighted by Crippen LogP contribution is 2.32. The van der Waals surface area contributed by atoms with Gasteiger partial charge < -0.3 is 9.47 Å². The van der Waals surface area contributed by atoms with E-state index >= 15 is 0 Å². The lowest BCUT2D eigenvalue weighted by Crippen LogP contribution is -2.38. The topological polar surface area (TPSA) is 63.9 Å². The fraction of sp³-hybridized carbons (Fsp3) is 0.250. The van der Waals surface area contributed by atoms with E-state index in [0.717, 1.165) is 36.2 Å². The summed E-state index contributed by atoms with van der Waals surface area (Å²) in [6, 6.07) is 14.0. The monoisotopic (exact) mass is 415 g/mol. The molecule has 0 spiro atoms. The van der Waals surface area contributed by atoms with Gasteiger partial charge in [0.05, 0.1) is 30.2 Å². The third-order valence-corrected chi connectivity index (χ3v) is 5.78. The standard InChI is InChI=1S/C24H22FN5O/c25-19-9-7-17(8-10-19)22-6-2-4-12-30(22)24(31)18-13-21-23(27-14-18)29(16-28-21)15-20-5-1-3-11-26-20/h1,3,5,7-11,13-14,16,22H,2,4,6,12,15H2. The van der Waals surface area contributed by atoms with E-state index in [4.69, 9.17) is 0 Å². The quantitative estimate of drug-likeness (QED) is 0.496. The van der Waals surface area contributed by atoms with Crippen LogP contribution in [0.2, 0.25) is 0 Å². The van der Waals surface area contributed by atoms with Gasteiger partial charge in [0, 0.05) is 18.9 Å². The third kappa shape index (κ3) is 3.91. The van der Waals surface area contributed by atoms with E-state index in [-0.39, 0.29) is 17.8 Å². The normalized spacial score (nSPS) is 16.5. The number of pyridine rings is 2. The summed E-state index contributed by atoms with van der Waals surface area (Å²) in [5.74, 6) is -0.337. The molecule has 3 aromatic heterocycles. The smallest absolute Gasteiger partial charge is 0.256 e. The number of aromatic nitrogens is 4. The Morgan fingerprint density at radius 1 is 1.06 bits per heavy atom. The van der Waals surface area contributed by atoms with Crippen molar-refractivity contribution in [3.8, 4) is 0 Å². The molecule has 1 atom stereocenters. The zero-order valence-electron chi connectivity index (χ0n) is 17.0. The van der Waals surface area contributed by atoms with Gasteiger partial charge in [0.1, 0.15) is 11.3 Å². The first-order valence-corrected chi connectivity index (χ1v) is 10.5. The zero-order chi connectivity index (χ0) is 21.2. The molecule has 4 heterocycles. The van der Waals surface area contributed by atoms with Crippen LogP contribution in [0.5, 0.6) is 0 Å². The maximum absolute atomic E-state index is 13.4. The zero-order valence-corrected chi connectivity index (χ0v) is 17.0. The molecule has 6 nitrogen and oxygen atoms in total. The number of likely N-dealkylation sites (tertiary alicyclic amines) is 1. The molecular formula is C24H22FN5O. The molecule has 4 aromatic rings. The van der Waals surface area contributed by atoms with Crippen molar-refractivity contribution in [2.24, 2.45) is 0 Å². The lowest BCUT2D eigenvalue weighted by atomic mass is 9.94. The van der Waals surface area contributed by atoms with Crippen molar-refractivity contribution >= 4 is 17.1 Å². The van der Waals surface area contributed by atoms with E-state index < -0.39 is 0 Å². The molecule has 0 saturated carbocycles. The Morgan fingerprint density at radius 2 is 1.94 bits per heavy atom. The SMILES string of the molecule is O=C(c1cnc2c(c1)ncn2Cc1ccccn1)N1CCCCC1c1ccc(F)cc1. The molecule has 0 aliphatic carbocycles. The summed E-state index contributed by atoms with van der Waals surface area (Å²) in [7, 11) is 0. The first-order valence-electron chi connectivity index (χ1n) is 10.5. The Morgan fingerprint density at radius 3 is 2.74 bits per heavy atom. The van der Waals surface area contributed by atoms with Gasteiger partial charge in [0.15, 0.2) is 5.65 Å². The van der Waals surface area contributed by atoms with Crippen LogP contribution in [0.1, 0.15) is 46.9 Å². The van der Waals surface area contributed by atoms with Crippen molar-refractivity contribution in [3.63, 3.8) is 0 Å². The lowest BCUT2D eigenvalue weighted by Gasteiger charge is -2.36. The highest BCUT2D eigenvalue weighted by atomic mass is 19.1. The summed E-state index contributed by atoms with van der Waals surface area (Å²) in [6.45, 7) is 1.24. The number of nitrogens with zero attached hydrogens (tertiary/aromatic N) is 5. The van der Waals surface area contributed by atoms with Crippen LogP contribution >= 0.6 is 0 Å². The van der Waals surface area contributed by atoms with Gasteiger partial charge in [-0.25, -0.2) is 14.4 Å². The molecule has 1 aliphatic heterocycles. The average Bonchev–Trinajstić information content (AvgIpc) is 3.22. The van der Waals surface area contributed by atoms with Crippen molar-refractivity contribution in [2.75, 3.05) is 6.54 Å². The van der Waals surface area contributed by atoms with Gasteiger partial charge in [0.25, 0.3) is 5.91 Å². The van der Waals surface area contributed by atoms with Gasteiger partial charge in [-0.1, -0.05) is 18.2 Å². The summed E-state index contributed by atoms with van der Waals surface area (Å²) in [6.07, 6.45) is 7.97. The molecule has 5 rings (SSSR count). The van der Waals surface area contributed by atoms with E-state index in [2.05, 4.69) is 15.0 Å². The second-order valence-corrected chi connectivity index (χ2v) is 7.82. The molecule has 1 aromatic carbocycles. The van der Waals surface area contributed by atoms with Crippen molar-refractivity contribution in [3.05, 3.63) is 89.9 Å². The number of hydrogen-bond acceptors (Lipinski definition) is 4. The average molecular weight is 415 g/mol. The first kappa shape index (κ1) is 19.4. The minimum absolute atomic E-state index is 0.0562. The fourth-order valence-electron chi connectivity index (χ4n) is 4.22. The highest BCUT2D eigenvalue weighted by molar-refractivity contribution is 5.96. The number of carbonyl (C=O) groups excluding carboxylic acids is 1. The molecule has 0 radical (unpaired) electrons. The van der Waals surface area contributed by atoms with Crippen LogP contribution in [0.25, 0.3) is 11.2 Å². The van der Waals surface area contributed by atoms with Crippen LogP contribution in [0.4, 0.5) is 4.39 Å². The second kappa shape index (κ2) is 8.26. The van der Waals surface area contributed by atoms with Gasteiger partial charge in [-0.3, -0.25) is 9.78 Å². The molecule has 1 amide bonds. The number of rotatable bonds is 4. The predicted octanol–water partition coefficient (Wildman–Crippen LogP) is 4.38. The molecule has 1 aliphatic rings. The molecule has 156 valence electrons. The maximum atomic E-state index is 13.4. The Hall–Kier alpha value is -3.61. The van der Waals surface area contributed by atoms with E-state index in [1.807, 2.05) is 27.7 Å². The number of piperidine rings is 1. The van der Waals surface area contributed by atoms with Crippen molar-refractivity contribution in [1.29, 1.82) is 0 Å². The van der Waals surface area contributed by atoms with E-state index in [0.29, 0.717) is 24.2 Å². The largest absolute Gasteiger partial charge is 0.332 e. The molecule has 1 saturated heterocycles. The Balaban J connectivity index is 1.41. The molecule has 1 fully saturated rings. The van der Waals surface area contributed by atoms with Crippen LogP contribution in [0.3, 0.4) is 0 Å². The minimum atomic E-state index is -0.270. The van der Waals surface area contributed by atoms with E-state index in [9.17, 15) is 9.18 Å². The van der Waals surface area contributed by atoms with Crippen LogP contribution < -0.4 is 0 Å². The van der Waals surface area contributed by atoms with Crippen LogP contribution in [-0.2, 0) is 6.54 Å². The van der Waals surface area contributed by atoms with Crippen molar-refractivity contribution in [2.45, 2.75) is 31.8 Å². The maximum Gasteiger partial charge on any atom is 0.256 e. The molecule has 7 heteroatoms. The van der Waals surface area contributed by atoms with E-state index in [1.165, 1.54) is 12.1 Å². The Labute approximate surface area is 179 Å². The Kier molecular flexibility index (Phi) is 5.16. The minimum Gasteiger partial charge on any atom is -0.332 e. The second-order valence-electron chi connectivity index (χ2n) is 7.82. The van der Waals surface area contributed by atoms with Crippen LogP contribution in [-0.4, -0.2) is 36.9 Å². The van der Waals surface area contributed by atoms with Crippen molar-refractivity contribution in [1.82, 2.24) is 24.4 Å². The van der Waals surface area contributed by atoms with Crippen LogP contribution in [0, 0.1) is 5.82 Å². The number of amides is 1. The lowest BCUT2D eigenvalue weighted by molar-refractivity contribution is 0.0611. The van der Waals surface area contributed by atoms with Gasteiger partial charge in [-0.15, -0.1) is 0 Å². The number of halogens is 1. The molecular weight excluding hydrogens is 393 g/mol. The van der Waals surface area contributed by atoms with Gasteiger partial charge >= 0.3 is 0 Å². The predicted molar refractivity (Wildman–Crippen MR) is 115 cm³/mol. The summed E-state index contributed by atoms with van der Waals surface area (Å²) >= 11 is 0. The highest BCUT2D eigenvalue weighted by Gasteiger charge is 2.29. The van der Waals surface area contributed by atoms with Crippen molar-refractivity contribution < 1.29 is 9.18 Å². The third-order valence-electron chi connectivity index (χ3n) is 5.78. The summed E-state index contributed by atoms with van der Waals surface area (Å²) in [5.41, 5.74) is 3.79. The van der Waals surface area contributed by atoms with Gasteiger partial charge in [-0.2, -0.15) is 0 Å². The fourth-order valence-corrected chi connectivity index (χ4v) is 4.22.